The predicted molar refractivity (Wildman–Crippen MR) is 138 cm³/mol. The number of hydrogen-bond donors (Lipinski definition) is 1. The van der Waals surface area contributed by atoms with E-state index in [1.165, 1.54) is 14.2 Å². The van der Waals surface area contributed by atoms with Gasteiger partial charge in [0, 0.05) is 28.3 Å². The van der Waals surface area contributed by atoms with Crippen LogP contribution in [0.3, 0.4) is 0 Å². The van der Waals surface area contributed by atoms with Crippen LogP contribution in [0.4, 0.5) is 0 Å². The molecule has 0 heterocycles. The number of nitrogens with zero attached hydrogens (tertiary/aromatic N) is 1. The topological polar surface area (TPSA) is 77.1 Å². The summed E-state index contributed by atoms with van der Waals surface area (Å²) in [5, 5.41) is 1.14. The summed E-state index contributed by atoms with van der Waals surface area (Å²) >= 11 is 0. The molecular weight excluding hydrogens is 444 g/mol. The smallest absolute Gasteiger partial charge is 0.275 e. The molecule has 35 heavy (non-hydrogen) atoms. The van der Waals surface area contributed by atoms with Gasteiger partial charge in [-0.25, -0.2) is 10.4 Å². The third kappa shape index (κ3) is 6.54. The average Bonchev–Trinajstić information content (AvgIpc) is 2.82. The minimum absolute atomic E-state index is 0.115. The Kier molecular flexibility index (Phi) is 9.72. The summed E-state index contributed by atoms with van der Waals surface area (Å²) < 4.78 is 16.4. The molecule has 0 aliphatic heterocycles. The van der Waals surface area contributed by atoms with E-state index in [1.807, 2.05) is 13.8 Å². The molecule has 7 heteroatoms. The van der Waals surface area contributed by atoms with Crippen LogP contribution in [0.1, 0.15) is 78.8 Å². The Morgan fingerprint density at radius 3 is 1.97 bits per heavy atom. The SMILES string of the molecule is CCCCC(NN(C(=O)c1cc(OC)c(C)c(OC)c1)C(=O)c1cccc(OC)c1C)C(C)(C)C. The average molecular weight is 485 g/mol. The van der Waals surface area contributed by atoms with Gasteiger partial charge in [-0.3, -0.25) is 9.59 Å². The molecule has 2 aromatic rings. The fourth-order valence-electron chi connectivity index (χ4n) is 3.99. The van der Waals surface area contributed by atoms with Crippen LogP contribution in [0.2, 0.25) is 0 Å². The number of hydrazine groups is 1. The first kappa shape index (κ1) is 28.2. The molecular formula is C28H40N2O5. The molecule has 2 aromatic carbocycles. The van der Waals surface area contributed by atoms with Crippen molar-refractivity contribution in [3.05, 3.63) is 52.6 Å². The molecule has 0 radical (unpaired) electrons. The summed E-state index contributed by atoms with van der Waals surface area (Å²) in [7, 11) is 4.64. The van der Waals surface area contributed by atoms with Crippen LogP contribution in [0, 0.1) is 19.3 Å². The van der Waals surface area contributed by atoms with Gasteiger partial charge in [-0.15, -0.1) is 0 Å². The Morgan fingerprint density at radius 2 is 1.49 bits per heavy atom. The van der Waals surface area contributed by atoms with Crippen molar-refractivity contribution in [2.75, 3.05) is 21.3 Å². The Balaban J connectivity index is 2.63. The molecule has 1 unspecified atom stereocenters. The van der Waals surface area contributed by atoms with Gasteiger partial charge in [0.15, 0.2) is 0 Å². The zero-order chi connectivity index (χ0) is 26.3. The lowest BCUT2D eigenvalue weighted by molar-refractivity contribution is 0.0423. The van der Waals surface area contributed by atoms with Gasteiger partial charge >= 0.3 is 0 Å². The van der Waals surface area contributed by atoms with Crippen molar-refractivity contribution in [2.24, 2.45) is 5.41 Å². The lowest BCUT2D eigenvalue weighted by atomic mass is 9.84. The van der Waals surface area contributed by atoms with Crippen molar-refractivity contribution < 1.29 is 23.8 Å². The maximum atomic E-state index is 13.9. The number of carbonyl (C=O) groups excluding carboxylic acids is 2. The lowest BCUT2D eigenvalue weighted by Crippen LogP contribution is -2.55. The Bertz CT molecular complexity index is 1020. The number of rotatable bonds is 10. The minimum atomic E-state index is -0.487. The standard InChI is InChI=1S/C28H40N2O5/c1-10-11-15-25(28(4,5)6)29-30(27(32)21-13-12-14-22(33-7)18(21)2)26(31)20-16-23(34-8)19(3)24(17-20)35-9/h12-14,16-17,25,29H,10-11,15H2,1-9H3. The van der Waals surface area contributed by atoms with Gasteiger partial charge in [-0.1, -0.05) is 46.6 Å². The lowest BCUT2D eigenvalue weighted by Gasteiger charge is -2.36. The van der Waals surface area contributed by atoms with Gasteiger partial charge in [-0.05, 0) is 49.9 Å². The number of amides is 2. The Hall–Kier alpha value is -3.06. The highest BCUT2D eigenvalue weighted by molar-refractivity contribution is 6.11. The van der Waals surface area contributed by atoms with Crippen molar-refractivity contribution >= 4 is 11.8 Å². The molecule has 0 spiro atoms. The molecule has 0 aliphatic rings. The second-order valence-corrected chi connectivity index (χ2v) is 9.77. The number of benzene rings is 2. The van der Waals surface area contributed by atoms with E-state index in [1.54, 1.807) is 37.4 Å². The van der Waals surface area contributed by atoms with E-state index in [0.717, 1.165) is 29.8 Å². The van der Waals surface area contributed by atoms with Crippen molar-refractivity contribution in [2.45, 2.75) is 66.8 Å². The van der Waals surface area contributed by atoms with Crippen molar-refractivity contribution in [1.29, 1.82) is 0 Å². The van der Waals surface area contributed by atoms with E-state index in [4.69, 9.17) is 14.2 Å². The third-order valence-corrected chi connectivity index (χ3v) is 6.32. The second-order valence-electron chi connectivity index (χ2n) is 9.77. The van der Waals surface area contributed by atoms with Gasteiger partial charge in [0.05, 0.1) is 21.3 Å². The summed E-state index contributed by atoms with van der Waals surface area (Å²) in [5.74, 6) is 0.669. The number of imide groups is 1. The molecule has 192 valence electrons. The fraction of sp³-hybridized carbons (Fsp3) is 0.500. The largest absolute Gasteiger partial charge is 0.496 e. The van der Waals surface area contributed by atoms with Crippen LogP contribution in [0.25, 0.3) is 0 Å². The molecule has 0 aromatic heterocycles. The molecule has 2 rings (SSSR count). The zero-order valence-electron chi connectivity index (χ0n) is 22.6. The summed E-state index contributed by atoms with van der Waals surface area (Å²) in [5.41, 5.74) is 5.21. The highest BCUT2D eigenvalue weighted by Crippen LogP contribution is 2.31. The van der Waals surface area contributed by atoms with E-state index in [9.17, 15) is 9.59 Å². The first-order valence-corrected chi connectivity index (χ1v) is 12.0. The number of ether oxygens (including phenoxy) is 3. The normalized spacial score (nSPS) is 12.1. The van der Waals surface area contributed by atoms with E-state index < -0.39 is 11.8 Å². The van der Waals surface area contributed by atoms with Crippen LogP contribution in [0.5, 0.6) is 17.2 Å². The van der Waals surface area contributed by atoms with Gasteiger partial charge < -0.3 is 14.2 Å². The highest BCUT2D eigenvalue weighted by atomic mass is 16.5. The summed E-state index contributed by atoms with van der Waals surface area (Å²) in [6.45, 7) is 12.1. The molecule has 0 saturated carbocycles. The monoisotopic (exact) mass is 484 g/mol. The Morgan fingerprint density at radius 1 is 0.914 bits per heavy atom. The molecule has 0 fully saturated rings. The predicted octanol–water partition coefficient (Wildman–Crippen LogP) is 5.72. The first-order chi connectivity index (χ1) is 16.5. The van der Waals surface area contributed by atoms with Crippen molar-refractivity contribution in [3.8, 4) is 17.2 Å². The minimum Gasteiger partial charge on any atom is -0.496 e. The molecule has 1 atom stereocenters. The van der Waals surface area contributed by atoms with Gasteiger partial charge in [-0.2, -0.15) is 0 Å². The van der Waals surface area contributed by atoms with Crippen molar-refractivity contribution in [1.82, 2.24) is 10.4 Å². The van der Waals surface area contributed by atoms with Crippen LogP contribution < -0.4 is 19.6 Å². The number of carbonyl (C=O) groups is 2. The maximum absolute atomic E-state index is 13.9. The quantitative estimate of drug-likeness (QED) is 0.343. The summed E-state index contributed by atoms with van der Waals surface area (Å²) in [4.78, 5) is 27.8. The number of hydrogen-bond acceptors (Lipinski definition) is 6. The highest BCUT2D eigenvalue weighted by Gasteiger charge is 2.33. The first-order valence-electron chi connectivity index (χ1n) is 12.0. The molecule has 0 aliphatic carbocycles. The van der Waals surface area contributed by atoms with Crippen LogP contribution in [0.15, 0.2) is 30.3 Å². The molecule has 0 saturated heterocycles. The van der Waals surface area contributed by atoms with Gasteiger partial charge in [0.25, 0.3) is 11.8 Å². The second kappa shape index (κ2) is 12.1. The van der Waals surface area contributed by atoms with Crippen LogP contribution >= 0.6 is 0 Å². The summed E-state index contributed by atoms with van der Waals surface area (Å²) in [6, 6.07) is 8.41. The maximum Gasteiger partial charge on any atom is 0.275 e. The zero-order valence-corrected chi connectivity index (χ0v) is 22.6. The third-order valence-electron chi connectivity index (χ3n) is 6.32. The fourth-order valence-corrected chi connectivity index (χ4v) is 3.99. The molecule has 0 bridgehead atoms. The Labute approximate surface area is 209 Å². The number of unbranched alkanes of at least 4 members (excludes halogenated alkanes) is 1. The molecule has 1 N–H and O–H groups in total. The van der Waals surface area contributed by atoms with E-state index in [-0.39, 0.29) is 17.0 Å². The van der Waals surface area contributed by atoms with Gasteiger partial charge in [0.2, 0.25) is 0 Å². The van der Waals surface area contributed by atoms with E-state index in [2.05, 4.69) is 33.1 Å². The number of nitrogens with one attached hydrogen (secondary N) is 1. The van der Waals surface area contributed by atoms with E-state index >= 15 is 0 Å². The van der Waals surface area contributed by atoms with Crippen molar-refractivity contribution in [3.63, 3.8) is 0 Å². The summed E-state index contributed by atoms with van der Waals surface area (Å²) in [6.07, 6.45) is 2.79. The number of methoxy groups -OCH3 is 3. The van der Waals surface area contributed by atoms with Gasteiger partial charge in [0.1, 0.15) is 17.2 Å². The van der Waals surface area contributed by atoms with Crippen LogP contribution in [-0.4, -0.2) is 44.2 Å². The molecule has 2 amide bonds. The van der Waals surface area contributed by atoms with E-state index in [0.29, 0.717) is 28.4 Å². The van der Waals surface area contributed by atoms with Crippen LogP contribution in [-0.2, 0) is 0 Å². The molecule has 7 nitrogen and oxygen atoms in total.